The molecule has 0 N–H and O–H groups in total. The Morgan fingerprint density at radius 2 is 2.42 bits per heavy atom. The van der Waals surface area contributed by atoms with Crippen LogP contribution < -0.4 is 0 Å². The number of rotatable bonds is 0. The Kier molecular flexibility index (Phi) is 1.65. The predicted molar refractivity (Wildman–Crippen MR) is 49.6 cm³/mol. The van der Waals surface area contributed by atoms with Crippen LogP contribution in [0.4, 0.5) is 0 Å². The van der Waals surface area contributed by atoms with Crippen LogP contribution in [0.5, 0.6) is 0 Å². The first-order valence-electron chi connectivity index (χ1n) is 3.90. The highest BCUT2D eigenvalue weighted by molar-refractivity contribution is 7.13. The number of amides is 1. The molecule has 0 saturated carbocycles. The summed E-state index contributed by atoms with van der Waals surface area (Å²) < 4.78 is 0. The molecule has 66 valence electrons. The summed E-state index contributed by atoms with van der Waals surface area (Å²) in [5.74, 6) is 0.127. The Balaban J connectivity index is 0.000000845. The van der Waals surface area contributed by atoms with Crippen molar-refractivity contribution in [2.75, 3.05) is 13.6 Å². The maximum absolute atomic E-state index is 11.5. The maximum atomic E-state index is 11.5. The van der Waals surface area contributed by atoms with Gasteiger partial charge in [-0.25, -0.2) is 4.98 Å². The summed E-state index contributed by atoms with van der Waals surface area (Å²) >= 11 is 1.50. The molecule has 0 fully saturated rings. The van der Waals surface area contributed by atoms with Gasteiger partial charge in [0.1, 0.15) is 4.88 Å². The fraction of sp³-hybridized carbons (Fsp3) is 0.500. The molecule has 12 heavy (non-hydrogen) atoms. The minimum Gasteiger partial charge on any atom is -0.341 e. The van der Waals surface area contributed by atoms with Crippen LogP contribution in [-0.2, 0) is 6.42 Å². The summed E-state index contributed by atoms with van der Waals surface area (Å²) in [4.78, 5) is 18.4. The van der Waals surface area contributed by atoms with Gasteiger partial charge >= 0.3 is 0 Å². The first-order valence-corrected chi connectivity index (χ1v) is 4.72. The number of carbonyl (C=O) groups excluding carboxylic acids is 1. The van der Waals surface area contributed by atoms with E-state index in [1.165, 1.54) is 11.3 Å². The van der Waals surface area contributed by atoms with Crippen LogP contribution in [0.15, 0.2) is 0 Å². The molecule has 0 atom stereocenters. The fourth-order valence-corrected chi connectivity index (χ4v) is 2.32. The van der Waals surface area contributed by atoms with Gasteiger partial charge in [-0.05, 0) is 6.92 Å². The Hall–Kier alpha value is -0.900. The molecule has 2 heterocycles. The summed E-state index contributed by atoms with van der Waals surface area (Å²) in [7, 11) is 1.83. The third-order valence-electron chi connectivity index (χ3n) is 2.03. The van der Waals surface area contributed by atoms with Crippen molar-refractivity contribution < 1.29 is 6.22 Å². The van der Waals surface area contributed by atoms with E-state index in [0.717, 1.165) is 28.5 Å². The molecule has 0 aliphatic carbocycles. The zero-order valence-corrected chi connectivity index (χ0v) is 7.94. The van der Waals surface area contributed by atoms with Crippen molar-refractivity contribution in [3.8, 4) is 0 Å². The summed E-state index contributed by atoms with van der Waals surface area (Å²) in [6.07, 6.45) is 0.905. The van der Waals surface area contributed by atoms with Gasteiger partial charge in [0.15, 0.2) is 0 Å². The predicted octanol–water partition coefficient (Wildman–Crippen LogP) is 1.33. The minimum atomic E-state index is 0. The smallest absolute Gasteiger partial charge is 0.265 e. The van der Waals surface area contributed by atoms with Crippen molar-refractivity contribution >= 4 is 17.2 Å². The van der Waals surface area contributed by atoms with E-state index in [-0.39, 0.29) is 7.33 Å². The minimum absolute atomic E-state index is 0. The molecule has 0 bridgehead atoms. The number of nitrogens with zero attached hydrogens (tertiary/aromatic N) is 2. The summed E-state index contributed by atoms with van der Waals surface area (Å²) in [5, 5.41) is 0.989. The quantitative estimate of drug-likeness (QED) is 0.611. The van der Waals surface area contributed by atoms with Gasteiger partial charge in [0.2, 0.25) is 0 Å². The van der Waals surface area contributed by atoms with Crippen molar-refractivity contribution in [3.05, 3.63) is 15.6 Å². The molecule has 1 aliphatic rings. The number of thiazole rings is 1. The van der Waals surface area contributed by atoms with Crippen molar-refractivity contribution in [3.63, 3.8) is 0 Å². The normalized spacial score (nSPS) is 16.5. The van der Waals surface area contributed by atoms with E-state index in [1.54, 1.807) is 4.90 Å². The molecule has 0 aromatic carbocycles. The molecule has 3 nitrogen and oxygen atoms in total. The second-order valence-electron chi connectivity index (χ2n) is 2.99. The SMILES string of the molecule is Cc1nc2c(s1)C(=O)N(C)CC2.[2HH]. The molecular weight excluding hydrogens is 172 g/mol. The van der Waals surface area contributed by atoms with Gasteiger partial charge < -0.3 is 4.90 Å². The lowest BCUT2D eigenvalue weighted by molar-refractivity contribution is 0.0785. The van der Waals surface area contributed by atoms with Crippen molar-refractivity contribution in [2.45, 2.75) is 13.3 Å². The second kappa shape index (κ2) is 2.55. The first kappa shape index (κ1) is 7.73. The van der Waals surface area contributed by atoms with Gasteiger partial charge in [-0.1, -0.05) is 0 Å². The number of hydrogen-bond donors (Lipinski definition) is 0. The van der Waals surface area contributed by atoms with E-state index >= 15 is 0 Å². The van der Waals surface area contributed by atoms with Gasteiger partial charge in [-0.3, -0.25) is 4.79 Å². The molecule has 1 aliphatic heterocycles. The zero-order chi connectivity index (χ0) is 8.72. The Morgan fingerprint density at radius 1 is 1.67 bits per heavy atom. The molecular formula is C8H12N2OS. The number of hydrogen-bond acceptors (Lipinski definition) is 3. The monoisotopic (exact) mass is 185 g/mol. The summed E-state index contributed by atoms with van der Waals surface area (Å²) in [5.41, 5.74) is 0.987. The lowest BCUT2D eigenvalue weighted by Crippen LogP contribution is -2.33. The number of aromatic nitrogens is 1. The molecule has 1 aromatic heterocycles. The van der Waals surface area contributed by atoms with E-state index < -0.39 is 0 Å². The molecule has 4 heteroatoms. The van der Waals surface area contributed by atoms with Crippen LogP contribution >= 0.6 is 11.3 Å². The Labute approximate surface area is 76.5 Å². The third-order valence-corrected chi connectivity index (χ3v) is 3.03. The van der Waals surface area contributed by atoms with Crippen molar-refractivity contribution in [1.82, 2.24) is 9.88 Å². The topological polar surface area (TPSA) is 33.2 Å². The lowest BCUT2D eigenvalue weighted by Gasteiger charge is -2.20. The average Bonchev–Trinajstić information content (AvgIpc) is 2.39. The molecule has 0 unspecified atom stereocenters. The van der Waals surface area contributed by atoms with Crippen LogP contribution in [-0.4, -0.2) is 29.4 Å². The summed E-state index contributed by atoms with van der Waals surface area (Å²) in [6.45, 7) is 2.74. The van der Waals surface area contributed by atoms with Crippen LogP contribution in [0, 0.1) is 6.92 Å². The highest BCUT2D eigenvalue weighted by Gasteiger charge is 2.24. The van der Waals surface area contributed by atoms with E-state index in [0.29, 0.717) is 0 Å². The lowest BCUT2D eigenvalue weighted by atomic mass is 10.2. The molecule has 2 rings (SSSR count). The van der Waals surface area contributed by atoms with Gasteiger partial charge in [0.05, 0.1) is 10.7 Å². The molecule has 1 amide bonds. The van der Waals surface area contributed by atoms with E-state index in [2.05, 4.69) is 4.98 Å². The van der Waals surface area contributed by atoms with Crippen molar-refractivity contribution in [1.29, 1.82) is 0 Å². The Bertz CT molecular complexity index is 337. The number of fused-ring (bicyclic) bond motifs is 1. The van der Waals surface area contributed by atoms with Crippen LogP contribution in [0.25, 0.3) is 0 Å². The van der Waals surface area contributed by atoms with Crippen LogP contribution in [0.2, 0.25) is 0 Å². The fourth-order valence-electron chi connectivity index (χ4n) is 1.36. The molecule has 0 radical (unpaired) electrons. The van der Waals surface area contributed by atoms with E-state index in [4.69, 9.17) is 0 Å². The average molecular weight is 185 g/mol. The summed E-state index contributed by atoms with van der Waals surface area (Å²) in [6, 6.07) is 0. The number of aryl methyl sites for hydroxylation is 1. The third kappa shape index (κ3) is 1.03. The van der Waals surface area contributed by atoms with E-state index in [9.17, 15) is 4.79 Å². The first-order chi connectivity index (χ1) is 5.68. The van der Waals surface area contributed by atoms with Crippen LogP contribution in [0.3, 0.4) is 0 Å². The molecule has 1 aromatic rings. The number of likely N-dealkylation sites (N-methyl/N-ethyl adjacent to an activating group) is 1. The van der Waals surface area contributed by atoms with Gasteiger partial charge in [0.25, 0.3) is 5.91 Å². The highest BCUT2D eigenvalue weighted by atomic mass is 32.1. The largest absolute Gasteiger partial charge is 0.341 e. The van der Waals surface area contributed by atoms with Crippen LogP contribution in [0.1, 0.15) is 21.8 Å². The standard InChI is InChI=1S/C8H10N2OS.H2/c1-5-9-6-3-4-10(2)8(11)7(6)12-5;/h3-4H2,1-2H3;1H/i;1+1. The molecule has 0 saturated heterocycles. The van der Waals surface area contributed by atoms with Gasteiger partial charge in [-0.15, -0.1) is 11.3 Å². The second-order valence-corrected chi connectivity index (χ2v) is 4.19. The van der Waals surface area contributed by atoms with Gasteiger partial charge in [0, 0.05) is 21.4 Å². The van der Waals surface area contributed by atoms with Crippen molar-refractivity contribution in [2.24, 2.45) is 0 Å². The van der Waals surface area contributed by atoms with E-state index in [1.807, 2.05) is 14.0 Å². The molecule has 0 spiro atoms. The Morgan fingerprint density at radius 3 is 3.17 bits per heavy atom. The highest BCUT2D eigenvalue weighted by Crippen LogP contribution is 2.23. The maximum Gasteiger partial charge on any atom is 0.265 e. The number of carbonyl (C=O) groups is 1. The van der Waals surface area contributed by atoms with Gasteiger partial charge in [-0.2, -0.15) is 0 Å². The zero-order valence-electron chi connectivity index (χ0n) is 7.13.